The Hall–Kier alpha value is -4.05. The molecule has 1 atom stereocenters. The molecule has 2 aliphatic heterocycles. The molecule has 1 fully saturated rings. The molecule has 0 unspecified atom stereocenters. The number of anilines is 3. The molecule has 0 radical (unpaired) electrons. The molecule has 0 bridgehead atoms. The number of rotatable bonds is 6. The average Bonchev–Trinajstić information content (AvgIpc) is 3.32. The minimum Gasteiger partial charge on any atom is -0.389 e. The van der Waals surface area contributed by atoms with E-state index in [2.05, 4.69) is 21.7 Å². The molecule has 9 nitrogen and oxygen atoms in total. The molecule has 4 aromatic rings. The molecule has 13 heteroatoms. The highest BCUT2D eigenvalue weighted by Crippen LogP contribution is 2.46. The van der Waals surface area contributed by atoms with Crippen molar-refractivity contribution in [2.45, 2.75) is 25.6 Å². The number of likely N-dealkylation sites (N-methyl/N-ethyl adjacent to an activating group) is 1. The van der Waals surface area contributed by atoms with Crippen molar-refractivity contribution in [3.8, 4) is 17.2 Å². The van der Waals surface area contributed by atoms with Gasteiger partial charge in [-0.25, -0.2) is 13.8 Å². The lowest BCUT2D eigenvalue weighted by molar-refractivity contribution is 0.132. The predicted molar refractivity (Wildman–Crippen MR) is 171 cm³/mol. The van der Waals surface area contributed by atoms with Crippen molar-refractivity contribution in [2.75, 3.05) is 56.3 Å². The van der Waals surface area contributed by atoms with Crippen LogP contribution in [-0.4, -0.2) is 78.5 Å². The van der Waals surface area contributed by atoms with E-state index in [0.29, 0.717) is 36.8 Å². The lowest BCUT2D eigenvalue weighted by Gasteiger charge is -2.52. The summed E-state index contributed by atoms with van der Waals surface area (Å²) in [5.74, 6) is -0.326. The van der Waals surface area contributed by atoms with E-state index in [1.807, 2.05) is 56.4 Å². The van der Waals surface area contributed by atoms with Gasteiger partial charge in [0.1, 0.15) is 28.2 Å². The van der Waals surface area contributed by atoms with Crippen molar-refractivity contribution in [2.24, 2.45) is 4.99 Å². The molecule has 2 aromatic heterocycles. The third-order valence-corrected chi connectivity index (χ3v) is 9.92. The first kappa shape index (κ1) is 29.0. The molecule has 1 saturated heterocycles. The van der Waals surface area contributed by atoms with Crippen LogP contribution < -0.4 is 15.5 Å². The fraction of sp³-hybridized carbons (Fsp3) is 0.333. The highest BCUT2D eigenvalue weighted by atomic mass is 35.5. The Morgan fingerprint density at radius 2 is 1.95 bits per heavy atom. The lowest BCUT2D eigenvalue weighted by Crippen LogP contribution is -2.67. The van der Waals surface area contributed by atoms with Crippen LogP contribution >= 0.6 is 22.9 Å². The number of nitrogens with zero attached hydrogens (tertiary/aromatic N) is 8. The third-order valence-electron chi connectivity index (χ3n) is 8.59. The smallest absolute Gasteiger partial charge is 0.228 e. The summed E-state index contributed by atoms with van der Waals surface area (Å²) >= 11 is 7.78. The van der Waals surface area contributed by atoms with Gasteiger partial charge >= 0.3 is 0 Å². The highest BCUT2D eigenvalue weighted by molar-refractivity contribution is 7.23. The average molecular weight is 622 g/mol. The van der Waals surface area contributed by atoms with Crippen molar-refractivity contribution >= 4 is 66.9 Å². The maximum atomic E-state index is 16.9. The second-order valence-corrected chi connectivity index (χ2v) is 12.8. The quantitative estimate of drug-likeness (QED) is 0.294. The van der Waals surface area contributed by atoms with Crippen LogP contribution in [0.2, 0.25) is 5.02 Å². The molecule has 0 amide bonds. The second-order valence-electron chi connectivity index (χ2n) is 11.4. The maximum absolute atomic E-state index is 16.9. The molecule has 2 N–H and O–H groups in total. The first-order chi connectivity index (χ1) is 20.4. The Kier molecular flexibility index (Phi) is 7.15. The zero-order chi connectivity index (χ0) is 30.8. The number of fused-ring (bicyclic) bond motifs is 2. The molecular formula is C30H30ClF2N9S. The molecule has 6 rings (SSSR count). The Balaban J connectivity index is 1.57. The number of hydrogen-bond acceptors (Lipinski definition) is 10. The molecular weight excluding hydrogens is 592 g/mol. The summed E-state index contributed by atoms with van der Waals surface area (Å²) in [7, 11) is 5.95. The Labute approximate surface area is 257 Å². The van der Waals surface area contributed by atoms with E-state index in [1.165, 1.54) is 12.1 Å². The Bertz CT molecular complexity index is 1870. The number of benzene rings is 2. The summed E-state index contributed by atoms with van der Waals surface area (Å²) in [5, 5.41) is 10.7. The van der Waals surface area contributed by atoms with Crippen LogP contribution in [0.4, 0.5) is 25.5 Å². The van der Waals surface area contributed by atoms with Gasteiger partial charge in [-0.2, -0.15) is 10.2 Å². The van der Waals surface area contributed by atoms with Crippen LogP contribution in [0, 0.1) is 23.0 Å². The van der Waals surface area contributed by atoms with Crippen LogP contribution in [0.1, 0.15) is 19.4 Å². The van der Waals surface area contributed by atoms with Gasteiger partial charge in [0.15, 0.2) is 5.82 Å². The maximum Gasteiger partial charge on any atom is 0.228 e. The van der Waals surface area contributed by atoms with E-state index in [-0.39, 0.29) is 54.0 Å². The highest BCUT2D eigenvalue weighted by Gasteiger charge is 2.42. The van der Waals surface area contributed by atoms with Crippen molar-refractivity contribution < 1.29 is 8.78 Å². The monoisotopic (exact) mass is 621 g/mol. The molecule has 43 heavy (non-hydrogen) atoms. The molecule has 0 saturated carbocycles. The number of nitriles is 1. The van der Waals surface area contributed by atoms with Gasteiger partial charge in [-0.3, -0.25) is 4.99 Å². The Morgan fingerprint density at radius 3 is 2.60 bits per heavy atom. The zero-order valence-corrected chi connectivity index (χ0v) is 25.9. The molecule has 4 heterocycles. The summed E-state index contributed by atoms with van der Waals surface area (Å²) in [6.45, 7) is 6.11. The third kappa shape index (κ3) is 4.63. The van der Waals surface area contributed by atoms with Crippen molar-refractivity contribution in [3.63, 3.8) is 0 Å². The predicted octanol–water partition coefficient (Wildman–Crippen LogP) is 5.68. The SMILES string of the molecule is C[C@H](N1C=CN=CC1)N(C)c1nc(N2CC(C)(N(C)C)C2)nc2c(F)c(-c3ccc(F)c4sc(N)c(C#N)c34)c(Cl)cc12. The number of hydrogen-bond donors (Lipinski definition) is 1. The first-order valence-electron chi connectivity index (χ1n) is 13.6. The Morgan fingerprint density at radius 1 is 1.21 bits per heavy atom. The fourth-order valence-corrected chi connectivity index (χ4v) is 6.84. The summed E-state index contributed by atoms with van der Waals surface area (Å²) in [6.07, 6.45) is 5.27. The minimum atomic E-state index is -0.684. The van der Waals surface area contributed by atoms with Gasteiger partial charge < -0.3 is 25.3 Å². The molecule has 0 spiro atoms. The van der Waals surface area contributed by atoms with Gasteiger partial charge in [0.05, 0.1) is 33.5 Å². The minimum absolute atomic E-state index is 0.0247. The summed E-state index contributed by atoms with van der Waals surface area (Å²) < 4.78 is 31.8. The first-order valence-corrected chi connectivity index (χ1v) is 14.8. The molecule has 2 aliphatic rings. The number of aromatic nitrogens is 2. The summed E-state index contributed by atoms with van der Waals surface area (Å²) in [5.41, 5.74) is 6.44. The largest absolute Gasteiger partial charge is 0.389 e. The van der Waals surface area contributed by atoms with Crippen LogP contribution in [0.15, 0.2) is 35.6 Å². The number of nitrogen functional groups attached to an aromatic ring is 1. The van der Waals surface area contributed by atoms with Crippen molar-refractivity contribution in [3.05, 3.63) is 52.8 Å². The molecule has 222 valence electrons. The fourth-order valence-electron chi connectivity index (χ4n) is 5.60. The molecule has 0 aliphatic carbocycles. The van der Waals surface area contributed by atoms with E-state index in [1.54, 1.807) is 12.3 Å². The van der Waals surface area contributed by atoms with E-state index in [0.717, 1.165) is 11.3 Å². The van der Waals surface area contributed by atoms with Gasteiger partial charge in [0.2, 0.25) is 5.95 Å². The van der Waals surface area contributed by atoms with Crippen molar-refractivity contribution in [1.82, 2.24) is 19.8 Å². The van der Waals surface area contributed by atoms with Crippen LogP contribution in [0.25, 0.3) is 32.1 Å². The van der Waals surface area contributed by atoms with Gasteiger partial charge in [0.25, 0.3) is 0 Å². The van der Waals surface area contributed by atoms with E-state index in [9.17, 15) is 9.65 Å². The lowest BCUT2D eigenvalue weighted by atomic mass is 9.91. The van der Waals surface area contributed by atoms with Crippen LogP contribution in [0.3, 0.4) is 0 Å². The van der Waals surface area contributed by atoms with Gasteiger partial charge in [-0.1, -0.05) is 17.7 Å². The zero-order valence-electron chi connectivity index (χ0n) is 24.4. The normalized spacial score (nSPS) is 16.7. The molecule has 2 aromatic carbocycles. The second kappa shape index (κ2) is 10.6. The van der Waals surface area contributed by atoms with Gasteiger partial charge in [-0.15, -0.1) is 11.3 Å². The van der Waals surface area contributed by atoms with Gasteiger partial charge in [0, 0.05) is 55.1 Å². The topological polar surface area (TPSA) is 101 Å². The number of nitrogens with two attached hydrogens (primary N) is 1. The van der Waals surface area contributed by atoms with Crippen molar-refractivity contribution in [1.29, 1.82) is 5.26 Å². The summed E-state index contributed by atoms with van der Waals surface area (Å²) in [4.78, 5) is 22.1. The van der Waals surface area contributed by atoms with Crippen LogP contribution in [0.5, 0.6) is 0 Å². The van der Waals surface area contributed by atoms with Crippen LogP contribution in [-0.2, 0) is 0 Å². The van der Waals surface area contributed by atoms with Gasteiger partial charge in [-0.05, 0) is 45.6 Å². The summed E-state index contributed by atoms with van der Waals surface area (Å²) in [6, 6.07) is 6.35. The standard InChI is InChI=1S/C30H30ClF2N9S/c1-16(41-10-8-36-9-11-41)40(5)28-18-12-20(31)23(17-6-7-21(32)26-22(17)19(13-34)27(35)43-26)24(33)25(18)37-29(38-28)42-14-30(2,15-42)39(3)4/h6-10,12,16H,11,14-15,35H2,1-5H3/t16-/m0/s1. The number of thiophene rings is 1. The van der Waals surface area contributed by atoms with E-state index >= 15 is 4.39 Å². The number of aliphatic imine (C=N–C) groups is 1. The number of halogens is 3. The van der Waals surface area contributed by atoms with E-state index < -0.39 is 11.6 Å². The van der Waals surface area contributed by atoms with E-state index in [4.69, 9.17) is 27.3 Å².